The minimum Gasteiger partial charge on any atom is -0.394 e. The number of aliphatic hydroxyl groups is 5. The first kappa shape index (κ1) is 15.0. The minimum atomic E-state index is -1.79. The Balaban J connectivity index is 2.31. The van der Waals surface area contributed by atoms with Gasteiger partial charge in [-0.3, -0.25) is 0 Å². The highest BCUT2D eigenvalue weighted by Gasteiger charge is 2.33. The topological polar surface area (TPSA) is 144 Å². The minimum absolute atomic E-state index is 0.121. The zero-order chi connectivity index (χ0) is 14.9. The predicted octanol–water partition coefficient (Wildman–Crippen LogP) is -2.11. The lowest BCUT2D eigenvalue weighted by molar-refractivity contribution is -0.118. The lowest BCUT2D eigenvalue weighted by Crippen LogP contribution is -2.43. The summed E-state index contributed by atoms with van der Waals surface area (Å²) in [7, 11) is 0. The number of fused-ring (bicyclic) bond motifs is 1. The second-order valence-electron chi connectivity index (χ2n) is 4.16. The third-order valence-electron chi connectivity index (χ3n) is 2.77. The largest absolute Gasteiger partial charge is 0.394 e. The second-order valence-corrected chi connectivity index (χ2v) is 4.55. The van der Waals surface area contributed by atoms with Gasteiger partial charge in [0.1, 0.15) is 29.6 Å². The van der Waals surface area contributed by atoms with E-state index in [9.17, 15) is 20.4 Å². The molecule has 0 aromatic carbocycles. The van der Waals surface area contributed by atoms with E-state index in [-0.39, 0.29) is 16.6 Å². The van der Waals surface area contributed by atoms with Gasteiger partial charge < -0.3 is 25.5 Å². The van der Waals surface area contributed by atoms with Gasteiger partial charge in [-0.1, -0.05) is 11.6 Å². The number of rotatable bonds is 5. The van der Waals surface area contributed by atoms with E-state index in [1.165, 1.54) is 12.1 Å². The molecular weight excluding hydrogens is 292 g/mol. The monoisotopic (exact) mass is 304 g/mol. The summed E-state index contributed by atoms with van der Waals surface area (Å²) in [5.41, 5.74) is 0.285. The number of halogens is 1. The van der Waals surface area contributed by atoms with Crippen LogP contribution in [0.25, 0.3) is 5.65 Å². The Morgan fingerprint density at radius 1 is 1.10 bits per heavy atom. The van der Waals surface area contributed by atoms with E-state index >= 15 is 0 Å². The molecule has 2 aromatic rings. The molecule has 0 amide bonds. The zero-order valence-electron chi connectivity index (χ0n) is 10.1. The first-order chi connectivity index (χ1) is 9.45. The molecule has 0 bridgehead atoms. The molecule has 20 heavy (non-hydrogen) atoms. The predicted molar refractivity (Wildman–Crippen MR) is 65.9 cm³/mol. The van der Waals surface area contributed by atoms with E-state index in [0.717, 1.165) is 4.52 Å². The van der Waals surface area contributed by atoms with E-state index in [2.05, 4.69) is 15.3 Å². The first-order valence-electron chi connectivity index (χ1n) is 5.66. The summed E-state index contributed by atoms with van der Waals surface area (Å²) in [5, 5.41) is 58.6. The smallest absolute Gasteiger partial charge is 0.186 e. The van der Waals surface area contributed by atoms with Crippen molar-refractivity contribution in [3.05, 3.63) is 23.1 Å². The Kier molecular flexibility index (Phi) is 4.48. The third-order valence-corrected chi connectivity index (χ3v) is 2.98. The van der Waals surface area contributed by atoms with Crippen molar-refractivity contribution in [2.75, 3.05) is 6.61 Å². The van der Waals surface area contributed by atoms with Gasteiger partial charge in [-0.15, -0.1) is 10.2 Å². The van der Waals surface area contributed by atoms with E-state index in [0.29, 0.717) is 0 Å². The Labute approximate surface area is 117 Å². The lowest BCUT2D eigenvalue weighted by atomic mass is 10.0. The average molecular weight is 305 g/mol. The Hall–Kier alpha value is -1.36. The molecule has 4 atom stereocenters. The standard InChI is InChI=1S/C10H13ClN4O5/c11-5-1-2-6-12-13-10(15(6)14-5)9(20)8(19)7(18)4(17)3-16/h1-2,4,7-9,16-20H,3H2/t4-,7+,8+,9-/m1/s1. The molecule has 110 valence electrons. The van der Waals surface area contributed by atoms with Crippen molar-refractivity contribution in [3.8, 4) is 0 Å². The Morgan fingerprint density at radius 2 is 1.80 bits per heavy atom. The van der Waals surface area contributed by atoms with Crippen molar-refractivity contribution in [1.29, 1.82) is 0 Å². The van der Waals surface area contributed by atoms with Gasteiger partial charge in [-0.05, 0) is 12.1 Å². The van der Waals surface area contributed by atoms with Crippen LogP contribution in [0.5, 0.6) is 0 Å². The van der Waals surface area contributed by atoms with Gasteiger partial charge in [0, 0.05) is 0 Å². The molecule has 10 heteroatoms. The van der Waals surface area contributed by atoms with Crippen LogP contribution in [0.3, 0.4) is 0 Å². The second kappa shape index (κ2) is 5.95. The normalized spacial score (nSPS) is 17.9. The van der Waals surface area contributed by atoms with Gasteiger partial charge in [-0.25, -0.2) is 0 Å². The fraction of sp³-hybridized carbons (Fsp3) is 0.500. The first-order valence-corrected chi connectivity index (χ1v) is 6.04. The van der Waals surface area contributed by atoms with Gasteiger partial charge in [0.2, 0.25) is 0 Å². The van der Waals surface area contributed by atoms with Gasteiger partial charge in [0.15, 0.2) is 11.5 Å². The molecule has 0 aliphatic carbocycles. The van der Waals surface area contributed by atoms with Crippen molar-refractivity contribution in [1.82, 2.24) is 19.8 Å². The fourth-order valence-electron chi connectivity index (χ4n) is 1.64. The summed E-state index contributed by atoms with van der Waals surface area (Å²) < 4.78 is 1.11. The highest BCUT2D eigenvalue weighted by atomic mass is 35.5. The summed E-state index contributed by atoms with van der Waals surface area (Å²) in [6.07, 6.45) is -6.82. The van der Waals surface area contributed by atoms with Crippen molar-refractivity contribution < 1.29 is 25.5 Å². The maximum absolute atomic E-state index is 9.97. The van der Waals surface area contributed by atoms with Crippen molar-refractivity contribution in [2.45, 2.75) is 24.4 Å². The van der Waals surface area contributed by atoms with Crippen molar-refractivity contribution in [2.24, 2.45) is 0 Å². The summed E-state index contributed by atoms with van der Waals surface area (Å²) >= 11 is 5.71. The summed E-state index contributed by atoms with van der Waals surface area (Å²) in [6.45, 7) is -0.768. The quantitative estimate of drug-likeness (QED) is 0.422. The molecule has 0 aliphatic heterocycles. The van der Waals surface area contributed by atoms with Gasteiger partial charge in [-0.2, -0.15) is 9.61 Å². The molecule has 0 saturated carbocycles. The highest BCUT2D eigenvalue weighted by molar-refractivity contribution is 6.29. The maximum Gasteiger partial charge on any atom is 0.186 e. The number of nitrogens with zero attached hydrogens (tertiary/aromatic N) is 4. The van der Waals surface area contributed by atoms with Gasteiger partial charge in [0.05, 0.1) is 6.61 Å². The van der Waals surface area contributed by atoms with Crippen LogP contribution in [0.1, 0.15) is 11.9 Å². The van der Waals surface area contributed by atoms with Crippen LogP contribution >= 0.6 is 11.6 Å². The maximum atomic E-state index is 9.97. The van der Waals surface area contributed by atoms with Gasteiger partial charge in [0.25, 0.3) is 0 Å². The molecule has 9 nitrogen and oxygen atoms in total. The van der Waals surface area contributed by atoms with Crippen LogP contribution in [0.2, 0.25) is 5.15 Å². The molecule has 2 rings (SSSR count). The number of hydrogen-bond acceptors (Lipinski definition) is 8. The molecular formula is C10H13ClN4O5. The van der Waals surface area contributed by atoms with E-state index < -0.39 is 31.0 Å². The van der Waals surface area contributed by atoms with Crippen LogP contribution in [0, 0.1) is 0 Å². The molecule has 0 unspecified atom stereocenters. The van der Waals surface area contributed by atoms with Crippen LogP contribution < -0.4 is 0 Å². The Morgan fingerprint density at radius 3 is 2.45 bits per heavy atom. The number of aliphatic hydroxyl groups excluding tert-OH is 5. The summed E-state index contributed by atoms with van der Waals surface area (Å²) in [5.74, 6) is -0.154. The third kappa shape index (κ3) is 2.73. The fourth-order valence-corrected chi connectivity index (χ4v) is 1.78. The van der Waals surface area contributed by atoms with Crippen LogP contribution in [-0.4, -0.2) is 70.3 Å². The van der Waals surface area contributed by atoms with Crippen LogP contribution in [0.4, 0.5) is 0 Å². The molecule has 2 heterocycles. The van der Waals surface area contributed by atoms with Gasteiger partial charge >= 0.3 is 0 Å². The average Bonchev–Trinajstić information content (AvgIpc) is 2.86. The molecule has 0 saturated heterocycles. The van der Waals surface area contributed by atoms with E-state index in [1.54, 1.807) is 0 Å². The molecule has 0 radical (unpaired) electrons. The number of hydrogen-bond donors (Lipinski definition) is 5. The summed E-state index contributed by atoms with van der Waals surface area (Å²) in [4.78, 5) is 0. The zero-order valence-corrected chi connectivity index (χ0v) is 10.8. The van der Waals surface area contributed by atoms with Crippen molar-refractivity contribution in [3.63, 3.8) is 0 Å². The lowest BCUT2D eigenvalue weighted by Gasteiger charge is -2.24. The molecule has 0 aliphatic rings. The number of aromatic nitrogens is 4. The van der Waals surface area contributed by atoms with Crippen LogP contribution in [0.15, 0.2) is 12.1 Å². The van der Waals surface area contributed by atoms with E-state index in [1.807, 2.05) is 0 Å². The van der Waals surface area contributed by atoms with E-state index in [4.69, 9.17) is 16.7 Å². The molecule has 0 fully saturated rings. The Bertz CT molecular complexity index is 594. The summed E-state index contributed by atoms with van der Waals surface area (Å²) in [6, 6.07) is 2.98. The molecule has 2 aromatic heterocycles. The SMILES string of the molecule is OC[C@@H](O)[C@H](O)[C@H](O)[C@@H](O)c1nnc2ccc(Cl)nn12. The highest BCUT2D eigenvalue weighted by Crippen LogP contribution is 2.19. The van der Waals surface area contributed by atoms with Crippen LogP contribution in [-0.2, 0) is 0 Å². The van der Waals surface area contributed by atoms with Crippen molar-refractivity contribution >= 4 is 17.2 Å². The molecule has 0 spiro atoms. The molecule has 5 N–H and O–H groups in total.